The molecule has 0 aliphatic carbocycles. The molecule has 1 nitrogen and oxygen atoms in total. The zero-order valence-electron chi connectivity index (χ0n) is 10.6. The molecular formula is C14H27NSi. The SMILES string of the molecule is C=CC[Si](CC=C)(CC=C)CCCCCN. The number of unbranched alkanes of at least 4 members (excludes halogenated alkanes) is 2. The lowest BCUT2D eigenvalue weighted by molar-refractivity contribution is 0.719. The molecular weight excluding hydrogens is 210 g/mol. The molecule has 0 heterocycles. The summed E-state index contributed by atoms with van der Waals surface area (Å²) < 4.78 is 0. The van der Waals surface area contributed by atoms with Gasteiger partial charge >= 0.3 is 0 Å². The van der Waals surface area contributed by atoms with E-state index in [1.165, 1.54) is 37.0 Å². The summed E-state index contributed by atoms with van der Waals surface area (Å²) in [5, 5.41) is 0. The molecule has 2 heteroatoms. The van der Waals surface area contributed by atoms with Crippen LogP contribution in [-0.2, 0) is 0 Å². The van der Waals surface area contributed by atoms with Crippen LogP contribution >= 0.6 is 0 Å². The first-order valence-electron chi connectivity index (χ1n) is 6.27. The molecule has 16 heavy (non-hydrogen) atoms. The van der Waals surface area contributed by atoms with Crippen LogP contribution in [0.4, 0.5) is 0 Å². The lowest BCUT2D eigenvalue weighted by Gasteiger charge is -2.28. The summed E-state index contributed by atoms with van der Waals surface area (Å²) in [5.74, 6) is 0. The lowest BCUT2D eigenvalue weighted by Crippen LogP contribution is -2.31. The minimum Gasteiger partial charge on any atom is -0.330 e. The fourth-order valence-corrected chi connectivity index (χ4v) is 6.25. The first kappa shape index (κ1) is 15.4. The molecule has 0 unspecified atom stereocenters. The van der Waals surface area contributed by atoms with Crippen LogP contribution in [0.2, 0.25) is 24.2 Å². The van der Waals surface area contributed by atoms with Gasteiger partial charge in [0.2, 0.25) is 0 Å². The van der Waals surface area contributed by atoms with E-state index in [4.69, 9.17) is 5.73 Å². The Labute approximate surface area is 102 Å². The Morgan fingerprint density at radius 2 is 1.31 bits per heavy atom. The predicted molar refractivity (Wildman–Crippen MR) is 78.5 cm³/mol. The van der Waals surface area contributed by atoms with Crippen molar-refractivity contribution in [3.63, 3.8) is 0 Å². The van der Waals surface area contributed by atoms with Gasteiger partial charge in [0.05, 0.1) is 8.07 Å². The van der Waals surface area contributed by atoms with Crippen molar-refractivity contribution in [2.45, 2.75) is 43.4 Å². The van der Waals surface area contributed by atoms with Crippen molar-refractivity contribution in [3.8, 4) is 0 Å². The molecule has 0 spiro atoms. The Morgan fingerprint density at radius 1 is 0.812 bits per heavy atom. The van der Waals surface area contributed by atoms with Gasteiger partial charge in [-0.15, -0.1) is 19.7 Å². The van der Waals surface area contributed by atoms with Gasteiger partial charge in [-0.1, -0.05) is 37.1 Å². The van der Waals surface area contributed by atoms with Crippen LogP contribution in [0.3, 0.4) is 0 Å². The zero-order chi connectivity index (χ0) is 12.3. The van der Waals surface area contributed by atoms with Gasteiger partial charge in [0.15, 0.2) is 0 Å². The number of hydrogen-bond acceptors (Lipinski definition) is 1. The van der Waals surface area contributed by atoms with Crippen LogP contribution in [0, 0.1) is 0 Å². The lowest BCUT2D eigenvalue weighted by atomic mass is 10.2. The first-order chi connectivity index (χ1) is 7.74. The number of rotatable bonds is 11. The summed E-state index contributed by atoms with van der Waals surface area (Å²) in [4.78, 5) is 0. The van der Waals surface area contributed by atoms with E-state index in [1.54, 1.807) is 0 Å². The largest absolute Gasteiger partial charge is 0.330 e. The Balaban J connectivity index is 4.28. The molecule has 0 atom stereocenters. The maximum absolute atomic E-state index is 5.52. The molecule has 0 fully saturated rings. The van der Waals surface area contributed by atoms with Crippen molar-refractivity contribution in [3.05, 3.63) is 38.0 Å². The van der Waals surface area contributed by atoms with E-state index in [2.05, 4.69) is 38.0 Å². The van der Waals surface area contributed by atoms with Crippen molar-refractivity contribution < 1.29 is 0 Å². The monoisotopic (exact) mass is 237 g/mol. The topological polar surface area (TPSA) is 26.0 Å². The van der Waals surface area contributed by atoms with E-state index >= 15 is 0 Å². The zero-order valence-corrected chi connectivity index (χ0v) is 11.6. The molecule has 0 bridgehead atoms. The van der Waals surface area contributed by atoms with Crippen LogP contribution in [0.15, 0.2) is 38.0 Å². The van der Waals surface area contributed by atoms with E-state index in [1.807, 2.05) is 0 Å². The maximum Gasteiger partial charge on any atom is 0.0648 e. The smallest absolute Gasteiger partial charge is 0.0648 e. The second kappa shape index (κ2) is 9.61. The second-order valence-electron chi connectivity index (χ2n) is 4.58. The Morgan fingerprint density at radius 3 is 1.69 bits per heavy atom. The van der Waals surface area contributed by atoms with E-state index in [9.17, 15) is 0 Å². The van der Waals surface area contributed by atoms with E-state index in [0.717, 1.165) is 13.0 Å². The van der Waals surface area contributed by atoms with E-state index < -0.39 is 8.07 Å². The molecule has 0 saturated heterocycles. The molecule has 0 aliphatic rings. The molecule has 2 N–H and O–H groups in total. The number of nitrogens with two attached hydrogens (primary N) is 1. The highest BCUT2D eigenvalue weighted by molar-refractivity contribution is 6.81. The fraction of sp³-hybridized carbons (Fsp3) is 0.571. The molecule has 0 rings (SSSR count). The van der Waals surface area contributed by atoms with Crippen molar-refractivity contribution in [1.82, 2.24) is 0 Å². The van der Waals surface area contributed by atoms with Gasteiger partial charge in [0, 0.05) is 0 Å². The van der Waals surface area contributed by atoms with Gasteiger partial charge in [-0.05, 0) is 31.1 Å². The molecule has 0 radical (unpaired) electrons. The minimum atomic E-state index is -1.24. The van der Waals surface area contributed by atoms with Gasteiger partial charge in [-0.3, -0.25) is 0 Å². The van der Waals surface area contributed by atoms with Gasteiger partial charge in [-0.25, -0.2) is 0 Å². The van der Waals surface area contributed by atoms with Gasteiger partial charge in [0.25, 0.3) is 0 Å². The maximum atomic E-state index is 5.52. The van der Waals surface area contributed by atoms with Crippen molar-refractivity contribution in [2.24, 2.45) is 5.73 Å². The molecule has 0 aromatic carbocycles. The van der Waals surface area contributed by atoms with Crippen LogP contribution in [0.5, 0.6) is 0 Å². The second-order valence-corrected chi connectivity index (χ2v) is 9.30. The quantitative estimate of drug-likeness (QED) is 0.326. The van der Waals surface area contributed by atoms with Crippen molar-refractivity contribution in [1.29, 1.82) is 0 Å². The Hall–Kier alpha value is -0.603. The normalized spacial score (nSPS) is 11.1. The number of hydrogen-bond donors (Lipinski definition) is 1. The van der Waals surface area contributed by atoms with Crippen molar-refractivity contribution in [2.75, 3.05) is 6.54 Å². The predicted octanol–water partition coefficient (Wildman–Crippen LogP) is 4.12. The third kappa shape index (κ3) is 6.08. The highest BCUT2D eigenvalue weighted by Crippen LogP contribution is 2.29. The summed E-state index contributed by atoms with van der Waals surface area (Å²) in [6.45, 7) is 12.5. The van der Waals surface area contributed by atoms with Gasteiger partial charge < -0.3 is 5.73 Å². The highest BCUT2D eigenvalue weighted by Gasteiger charge is 2.27. The minimum absolute atomic E-state index is 0.818. The van der Waals surface area contributed by atoms with Crippen LogP contribution in [0.25, 0.3) is 0 Å². The molecule has 0 aliphatic heterocycles. The molecule has 0 saturated carbocycles. The molecule has 0 aromatic rings. The number of allylic oxidation sites excluding steroid dienone is 3. The first-order valence-corrected chi connectivity index (χ1v) is 9.10. The summed E-state index contributed by atoms with van der Waals surface area (Å²) in [7, 11) is -1.24. The third-order valence-corrected chi connectivity index (χ3v) is 8.02. The van der Waals surface area contributed by atoms with Crippen molar-refractivity contribution >= 4 is 8.07 Å². The summed E-state index contributed by atoms with van der Waals surface area (Å²) in [6.07, 6.45) is 9.98. The average Bonchev–Trinajstić information content (AvgIpc) is 2.26. The Bertz CT molecular complexity index is 184. The van der Waals surface area contributed by atoms with E-state index in [0.29, 0.717) is 0 Å². The molecule has 0 aromatic heterocycles. The average molecular weight is 237 g/mol. The molecule has 0 amide bonds. The molecule has 92 valence electrons. The summed E-state index contributed by atoms with van der Waals surface area (Å²) in [5.41, 5.74) is 5.52. The fourth-order valence-electron chi connectivity index (χ4n) is 2.30. The van der Waals surface area contributed by atoms with Gasteiger partial charge in [0.1, 0.15) is 0 Å². The van der Waals surface area contributed by atoms with E-state index in [-0.39, 0.29) is 0 Å². The van der Waals surface area contributed by atoms with Crippen LogP contribution < -0.4 is 5.73 Å². The Kier molecular flexibility index (Phi) is 9.25. The highest BCUT2D eigenvalue weighted by atomic mass is 28.3. The third-order valence-electron chi connectivity index (χ3n) is 3.14. The summed E-state index contributed by atoms with van der Waals surface area (Å²) in [6, 6.07) is 4.92. The van der Waals surface area contributed by atoms with Crippen LogP contribution in [0.1, 0.15) is 19.3 Å². The van der Waals surface area contributed by atoms with Crippen LogP contribution in [-0.4, -0.2) is 14.6 Å². The standard InChI is InChI=1S/C14H27NSi/c1-4-11-16(12-5-2,13-6-3)14-9-7-8-10-15/h4-6H,1-3,7-15H2. The van der Waals surface area contributed by atoms with Gasteiger partial charge in [-0.2, -0.15) is 0 Å². The summed E-state index contributed by atoms with van der Waals surface area (Å²) >= 11 is 0.